The molecule has 3 aromatic heterocycles. The van der Waals surface area contributed by atoms with Crippen molar-refractivity contribution in [2.45, 2.75) is 19.3 Å². The second kappa shape index (κ2) is 19.1. The van der Waals surface area contributed by atoms with Gasteiger partial charge < -0.3 is 18.6 Å². The number of fused-ring (bicyclic) bond motifs is 12. The summed E-state index contributed by atoms with van der Waals surface area (Å²) in [5.74, 6) is 0. The highest BCUT2D eigenvalue weighted by atomic mass is 15.1. The van der Waals surface area contributed by atoms with Gasteiger partial charge in [-0.05, 0) is 171 Å². The lowest BCUT2D eigenvalue weighted by atomic mass is 9.82. The number of hydrogen-bond donors (Lipinski definition) is 0. The van der Waals surface area contributed by atoms with Crippen molar-refractivity contribution in [3.8, 4) is 61.6 Å². The fraction of sp³-hybridized carbons (Fsp3) is 0.0370. The number of rotatable bonds is 9. The maximum Gasteiger partial charge on any atom is 0.0547 e. The number of anilines is 3. The zero-order valence-electron chi connectivity index (χ0n) is 47.2. The summed E-state index contributed by atoms with van der Waals surface area (Å²) in [6.07, 6.45) is 0. The number of hydrogen-bond acceptors (Lipinski definition) is 1. The average Bonchev–Trinajstić information content (AvgIpc) is 2.05. The van der Waals surface area contributed by atoms with Crippen LogP contribution in [0.4, 0.5) is 17.1 Å². The van der Waals surface area contributed by atoms with Gasteiger partial charge in [-0.2, -0.15) is 0 Å². The minimum Gasteiger partial charge on any atom is -0.310 e. The fourth-order valence-electron chi connectivity index (χ4n) is 14.1. The van der Waals surface area contributed by atoms with Gasteiger partial charge in [-0.3, -0.25) is 0 Å². The Labute approximate surface area is 493 Å². The minimum absolute atomic E-state index is 0.269. The van der Waals surface area contributed by atoms with Crippen molar-refractivity contribution < 1.29 is 0 Å². The standard InChI is InChI=1S/C81H56N4/c1-81(2)73-51-63(43-46-65(73)66-47-44-64(52-74(66)81)85-76-26-14-9-21-67(76)68-22-10-15-27-77(68)85)82(62-41-35-56(36-42-62)58-37-45-71-69-23-11-13-25-75(69)84(80(71)50-58)60-19-7-4-8-20-60)61-39-33-54(34-40-61)53-29-31-55(32-30-53)57-38-48-79-72(49-57)70-24-12-16-28-78(70)83(79)59-17-5-3-6-18-59/h3-52H,1-2H3. The van der Waals surface area contributed by atoms with E-state index in [4.69, 9.17) is 0 Å². The molecule has 1 aliphatic carbocycles. The zero-order valence-corrected chi connectivity index (χ0v) is 47.2. The Morgan fingerprint density at radius 1 is 0.235 bits per heavy atom. The van der Waals surface area contributed by atoms with Gasteiger partial charge in [0, 0.05) is 71.9 Å². The molecular weight excluding hydrogens is 1030 g/mol. The van der Waals surface area contributed by atoms with E-state index < -0.39 is 0 Å². The van der Waals surface area contributed by atoms with Gasteiger partial charge in [-0.15, -0.1) is 0 Å². The highest BCUT2D eigenvalue weighted by Crippen LogP contribution is 2.52. The van der Waals surface area contributed by atoms with Crippen molar-refractivity contribution in [1.82, 2.24) is 13.7 Å². The fourth-order valence-corrected chi connectivity index (χ4v) is 14.1. The molecule has 0 unspecified atom stereocenters. The maximum atomic E-state index is 2.45. The summed E-state index contributed by atoms with van der Waals surface area (Å²) in [6.45, 7) is 4.79. The van der Waals surface area contributed by atoms with Crippen LogP contribution in [0.1, 0.15) is 25.0 Å². The molecule has 0 atom stereocenters. The molecule has 13 aromatic carbocycles. The zero-order chi connectivity index (χ0) is 56.3. The van der Waals surface area contributed by atoms with Crippen LogP contribution >= 0.6 is 0 Å². The molecule has 4 nitrogen and oxygen atoms in total. The van der Waals surface area contributed by atoms with E-state index in [0.717, 1.165) is 28.3 Å². The molecule has 0 saturated carbocycles. The van der Waals surface area contributed by atoms with Crippen LogP contribution in [-0.4, -0.2) is 13.7 Å². The molecule has 16 aromatic rings. The van der Waals surface area contributed by atoms with Crippen LogP contribution in [0.15, 0.2) is 303 Å². The molecule has 0 aliphatic heterocycles. The van der Waals surface area contributed by atoms with E-state index >= 15 is 0 Å². The van der Waals surface area contributed by atoms with E-state index in [9.17, 15) is 0 Å². The van der Waals surface area contributed by atoms with E-state index in [0.29, 0.717) is 0 Å². The van der Waals surface area contributed by atoms with Crippen LogP contribution in [0.5, 0.6) is 0 Å². The molecule has 0 amide bonds. The minimum atomic E-state index is -0.269. The summed E-state index contributed by atoms with van der Waals surface area (Å²) >= 11 is 0. The first-order valence-electron chi connectivity index (χ1n) is 29.5. The maximum absolute atomic E-state index is 2.45. The van der Waals surface area contributed by atoms with Crippen molar-refractivity contribution >= 4 is 82.5 Å². The molecule has 0 radical (unpaired) electrons. The van der Waals surface area contributed by atoms with Gasteiger partial charge in [0.15, 0.2) is 0 Å². The Morgan fingerprint density at radius 3 is 1.12 bits per heavy atom. The molecule has 17 rings (SSSR count). The van der Waals surface area contributed by atoms with Gasteiger partial charge in [0.1, 0.15) is 0 Å². The van der Waals surface area contributed by atoms with Crippen molar-refractivity contribution in [1.29, 1.82) is 0 Å². The number of benzene rings is 13. The average molecular weight is 1090 g/mol. The van der Waals surface area contributed by atoms with Gasteiger partial charge in [-0.25, -0.2) is 0 Å². The van der Waals surface area contributed by atoms with Crippen molar-refractivity contribution in [3.05, 3.63) is 314 Å². The molecule has 1 aliphatic rings. The Kier molecular flexibility index (Phi) is 10.9. The van der Waals surface area contributed by atoms with Crippen molar-refractivity contribution in [2.75, 3.05) is 4.90 Å². The van der Waals surface area contributed by atoms with Gasteiger partial charge >= 0.3 is 0 Å². The lowest BCUT2D eigenvalue weighted by Crippen LogP contribution is -2.17. The van der Waals surface area contributed by atoms with Crippen molar-refractivity contribution in [3.63, 3.8) is 0 Å². The smallest absolute Gasteiger partial charge is 0.0547 e. The third-order valence-electron chi connectivity index (χ3n) is 18.3. The summed E-state index contributed by atoms with van der Waals surface area (Å²) in [4.78, 5) is 2.43. The third kappa shape index (κ3) is 7.69. The number of nitrogens with zero attached hydrogens (tertiary/aromatic N) is 4. The van der Waals surface area contributed by atoms with E-state index in [2.05, 4.69) is 336 Å². The summed E-state index contributed by atoms with van der Waals surface area (Å²) in [6, 6.07) is 112. The molecule has 3 heterocycles. The quantitative estimate of drug-likeness (QED) is 0.141. The highest BCUT2D eigenvalue weighted by Gasteiger charge is 2.37. The second-order valence-corrected chi connectivity index (χ2v) is 23.3. The molecule has 0 fully saturated rings. The largest absolute Gasteiger partial charge is 0.310 e. The van der Waals surface area contributed by atoms with Crippen LogP contribution in [0.25, 0.3) is 127 Å². The molecule has 0 spiro atoms. The number of para-hydroxylation sites is 6. The van der Waals surface area contributed by atoms with Crippen LogP contribution in [-0.2, 0) is 5.41 Å². The molecule has 85 heavy (non-hydrogen) atoms. The van der Waals surface area contributed by atoms with Crippen LogP contribution in [0.3, 0.4) is 0 Å². The molecular formula is C81H56N4. The lowest BCUT2D eigenvalue weighted by Gasteiger charge is -2.28. The monoisotopic (exact) mass is 1080 g/mol. The molecule has 0 saturated heterocycles. The highest BCUT2D eigenvalue weighted by molar-refractivity contribution is 6.12. The normalized spacial score (nSPS) is 12.7. The molecule has 4 heteroatoms. The summed E-state index contributed by atoms with van der Waals surface area (Å²) in [5, 5.41) is 7.55. The van der Waals surface area contributed by atoms with Gasteiger partial charge in [0.25, 0.3) is 0 Å². The topological polar surface area (TPSA) is 18.0 Å². The Balaban J connectivity index is 0.738. The van der Waals surface area contributed by atoms with E-state index in [1.54, 1.807) is 0 Å². The predicted molar refractivity (Wildman–Crippen MR) is 358 cm³/mol. The van der Waals surface area contributed by atoms with E-state index in [1.165, 1.54) is 127 Å². The van der Waals surface area contributed by atoms with E-state index in [-0.39, 0.29) is 5.41 Å². The summed E-state index contributed by atoms with van der Waals surface area (Å²) in [5.41, 5.74) is 26.1. The lowest BCUT2D eigenvalue weighted by molar-refractivity contribution is 0.660. The molecule has 0 N–H and O–H groups in total. The Bertz CT molecular complexity index is 5240. The van der Waals surface area contributed by atoms with Gasteiger partial charge in [-0.1, -0.05) is 202 Å². The Morgan fingerprint density at radius 2 is 0.588 bits per heavy atom. The van der Waals surface area contributed by atoms with Gasteiger partial charge in [0.05, 0.1) is 33.1 Å². The summed E-state index contributed by atoms with van der Waals surface area (Å²) in [7, 11) is 0. The summed E-state index contributed by atoms with van der Waals surface area (Å²) < 4.78 is 7.21. The first-order chi connectivity index (χ1) is 41.9. The van der Waals surface area contributed by atoms with Crippen molar-refractivity contribution in [2.24, 2.45) is 0 Å². The third-order valence-corrected chi connectivity index (χ3v) is 18.3. The molecule has 400 valence electrons. The number of aromatic nitrogens is 3. The van der Waals surface area contributed by atoms with E-state index in [1.807, 2.05) is 0 Å². The van der Waals surface area contributed by atoms with Gasteiger partial charge in [0.2, 0.25) is 0 Å². The van der Waals surface area contributed by atoms with Crippen LogP contribution in [0, 0.1) is 0 Å². The van der Waals surface area contributed by atoms with Crippen LogP contribution in [0.2, 0.25) is 0 Å². The first kappa shape index (κ1) is 48.7. The second-order valence-electron chi connectivity index (χ2n) is 23.3. The van der Waals surface area contributed by atoms with Crippen LogP contribution < -0.4 is 4.90 Å². The predicted octanol–water partition coefficient (Wildman–Crippen LogP) is 21.8. The first-order valence-corrected chi connectivity index (χ1v) is 29.5. The Hall–Kier alpha value is -10.9. The molecule has 0 bridgehead atoms. The SMILES string of the molecule is CC1(C)c2cc(N(c3ccc(-c4ccc(-c5ccc6c(c5)c5ccccc5n6-c5ccccc5)cc4)cc3)c3ccc(-c4ccc5c6ccccc6n(-c6ccccc6)c5c4)cc3)ccc2-c2ccc(-n3c4ccccc4c4ccccc43)cc21.